The monoisotopic (exact) mass is 529 g/mol. The smallest absolute Gasteiger partial charge is 0.253 e. The molecule has 1 atom stereocenters. The summed E-state index contributed by atoms with van der Waals surface area (Å²) in [4.78, 5) is 67.5. The fourth-order valence-corrected chi connectivity index (χ4v) is 2.41. The van der Waals surface area contributed by atoms with Gasteiger partial charge < -0.3 is 26.1 Å². The lowest BCUT2D eigenvalue weighted by Gasteiger charge is -2.13. The summed E-state index contributed by atoms with van der Waals surface area (Å²) in [5, 5.41) is 10.3. The number of carbonyl (C=O) groups excluding carboxylic acids is 6. The van der Waals surface area contributed by atoms with Crippen LogP contribution in [0.25, 0.3) is 0 Å². The zero-order chi connectivity index (χ0) is 29.6. The highest BCUT2D eigenvalue weighted by molar-refractivity contribution is 6.12. The number of likely N-dealkylation sites (N-methyl/N-ethyl adjacent to an activating group) is 2. The third-order valence-corrected chi connectivity index (χ3v) is 3.94. The molecule has 1 rings (SSSR count). The molecule has 4 N–H and O–H groups in total. The number of nitrogens with one attached hydrogen (secondary N) is 4. The molecule has 11 heteroatoms. The third-order valence-electron chi connectivity index (χ3n) is 3.94. The predicted molar refractivity (Wildman–Crippen MR) is 148 cm³/mol. The number of hydrogen-bond donors (Lipinski definition) is 4. The second-order valence-corrected chi connectivity index (χ2v) is 6.72. The Hall–Kier alpha value is -3.08. The SMILES string of the molecule is CC.CC.CC.CC(C=O)NC(=O)CNC(=O)CCCCCN1C(=O)C=CC1=O.CCNC(=O)CNC. The molecule has 0 aliphatic carbocycles. The van der Waals surface area contributed by atoms with Crippen LogP contribution in [0.5, 0.6) is 0 Å². The first kappa shape index (κ1) is 41.1. The standard InChI is InChI=1S/C15H21N3O5.C5H12N2O.3C2H6/c1-11(10-19)17-13(21)9-16-12(20)5-3-2-4-8-18-14(22)6-7-15(18)23;1-3-7-5(8)4-6-2;3*1-2/h6-7,10-11H,2-5,8-9H2,1H3,(H,16,20)(H,17,21);6H,3-4H2,1-2H3,(H,7,8);3*1-2H3. The number of amides is 5. The van der Waals surface area contributed by atoms with Crippen molar-refractivity contribution in [2.45, 2.75) is 87.1 Å². The van der Waals surface area contributed by atoms with Gasteiger partial charge in [-0.3, -0.25) is 28.9 Å². The van der Waals surface area contributed by atoms with Gasteiger partial charge in [0.05, 0.1) is 19.1 Å². The zero-order valence-corrected chi connectivity index (χ0v) is 24.4. The fraction of sp³-hybridized carbons (Fsp3) is 0.692. The van der Waals surface area contributed by atoms with Gasteiger partial charge in [0, 0.05) is 31.7 Å². The molecule has 1 aliphatic rings. The number of unbranched alkanes of at least 4 members (excludes halogenated alkanes) is 2. The van der Waals surface area contributed by atoms with Crippen LogP contribution >= 0.6 is 0 Å². The average molecular weight is 530 g/mol. The van der Waals surface area contributed by atoms with E-state index in [4.69, 9.17) is 0 Å². The topological polar surface area (TPSA) is 154 Å². The quantitative estimate of drug-likeness (QED) is 0.161. The molecule has 0 aromatic rings. The van der Waals surface area contributed by atoms with Gasteiger partial charge in [-0.15, -0.1) is 0 Å². The summed E-state index contributed by atoms with van der Waals surface area (Å²) in [5.41, 5.74) is 0. The van der Waals surface area contributed by atoms with E-state index in [1.807, 2.05) is 48.5 Å². The van der Waals surface area contributed by atoms with E-state index in [0.29, 0.717) is 45.2 Å². The van der Waals surface area contributed by atoms with Crippen LogP contribution in [0, 0.1) is 0 Å². The minimum absolute atomic E-state index is 0.0509. The van der Waals surface area contributed by atoms with E-state index in [2.05, 4.69) is 21.3 Å². The Balaban J connectivity index is -0.000000325. The van der Waals surface area contributed by atoms with E-state index in [1.165, 1.54) is 24.0 Å². The molecule has 1 aliphatic heterocycles. The Morgan fingerprint density at radius 3 is 1.84 bits per heavy atom. The molecule has 1 unspecified atom stereocenters. The van der Waals surface area contributed by atoms with Crippen molar-refractivity contribution in [3.8, 4) is 0 Å². The van der Waals surface area contributed by atoms with Crippen LogP contribution in [0.3, 0.4) is 0 Å². The molecule has 0 spiro atoms. The van der Waals surface area contributed by atoms with Crippen LogP contribution in [-0.4, -0.2) is 80.0 Å². The van der Waals surface area contributed by atoms with Gasteiger partial charge in [-0.05, 0) is 33.7 Å². The minimum Gasteiger partial charge on any atom is -0.355 e. The molecule has 0 radical (unpaired) electrons. The highest BCUT2D eigenvalue weighted by atomic mass is 16.2. The molecule has 0 aromatic heterocycles. The Morgan fingerprint density at radius 2 is 1.38 bits per heavy atom. The molecule has 0 fully saturated rings. The molecular weight excluding hydrogens is 478 g/mol. The third kappa shape index (κ3) is 25.8. The van der Waals surface area contributed by atoms with Gasteiger partial charge in [0.2, 0.25) is 17.7 Å². The lowest BCUT2D eigenvalue weighted by Crippen LogP contribution is -2.41. The maximum Gasteiger partial charge on any atom is 0.253 e. The summed E-state index contributed by atoms with van der Waals surface area (Å²) < 4.78 is 0. The molecule has 11 nitrogen and oxygen atoms in total. The number of imide groups is 1. The summed E-state index contributed by atoms with van der Waals surface area (Å²) in [6.45, 7) is 16.7. The molecule has 0 aromatic carbocycles. The van der Waals surface area contributed by atoms with Gasteiger partial charge >= 0.3 is 0 Å². The molecular formula is C26H51N5O6. The predicted octanol–water partition coefficient (Wildman–Crippen LogP) is 1.71. The summed E-state index contributed by atoms with van der Waals surface area (Å²) in [5.74, 6) is -1.23. The maximum absolute atomic E-state index is 11.5. The highest BCUT2D eigenvalue weighted by Gasteiger charge is 2.22. The second kappa shape index (κ2) is 31.0. The van der Waals surface area contributed by atoms with Crippen molar-refractivity contribution in [2.75, 3.05) is 33.2 Å². The van der Waals surface area contributed by atoms with Crippen LogP contribution in [0.4, 0.5) is 0 Å². The van der Waals surface area contributed by atoms with Gasteiger partial charge in [0.15, 0.2) is 0 Å². The fourth-order valence-electron chi connectivity index (χ4n) is 2.41. The summed E-state index contributed by atoms with van der Waals surface area (Å²) in [6.07, 6.45) is 5.27. The van der Waals surface area contributed by atoms with Gasteiger partial charge in [-0.2, -0.15) is 0 Å². The van der Waals surface area contributed by atoms with Crippen LogP contribution < -0.4 is 21.3 Å². The van der Waals surface area contributed by atoms with Crippen LogP contribution in [0.2, 0.25) is 0 Å². The van der Waals surface area contributed by atoms with Gasteiger partial charge in [0.1, 0.15) is 6.29 Å². The van der Waals surface area contributed by atoms with Crippen molar-refractivity contribution in [2.24, 2.45) is 0 Å². The number of carbonyl (C=O) groups is 6. The summed E-state index contributed by atoms with van der Waals surface area (Å²) >= 11 is 0. The van der Waals surface area contributed by atoms with Crippen molar-refractivity contribution >= 4 is 35.8 Å². The molecule has 37 heavy (non-hydrogen) atoms. The van der Waals surface area contributed by atoms with Gasteiger partial charge in [-0.25, -0.2) is 0 Å². The first-order valence-electron chi connectivity index (χ1n) is 13.2. The maximum atomic E-state index is 11.5. The van der Waals surface area contributed by atoms with Crippen molar-refractivity contribution in [1.29, 1.82) is 0 Å². The van der Waals surface area contributed by atoms with Crippen LogP contribution in [0.15, 0.2) is 12.2 Å². The van der Waals surface area contributed by atoms with Gasteiger partial charge in [0.25, 0.3) is 11.8 Å². The first-order valence-corrected chi connectivity index (χ1v) is 13.2. The molecule has 0 saturated heterocycles. The van der Waals surface area contributed by atoms with E-state index in [9.17, 15) is 28.8 Å². The van der Waals surface area contributed by atoms with E-state index in [0.717, 1.165) is 0 Å². The largest absolute Gasteiger partial charge is 0.355 e. The lowest BCUT2D eigenvalue weighted by molar-refractivity contribution is -0.137. The van der Waals surface area contributed by atoms with Crippen LogP contribution in [0.1, 0.15) is 81.1 Å². The number of nitrogens with zero attached hydrogens (tertiary/aromatic N) is 1. The van der Waals surface area contributed by atoms with E-state index < -0.39 is 11.9 Å². The minimum atomic E-state index is -0.579. The van der Waals surface area contributed by atoms with Crippen molar-refractivity contribution in [1.82, 2.24) is 26.2 Å². The van der Waals surface area contributed by atoms with E-state index >= 15 is 0 Å². The zero-order valence-electron chi connectivity index (χ0n) is 24.4. The average Bonchev–Trinajstić information content (AvgIpc) is 3.23. The second-order valence-electron chi connectivity index (χ2n) is 6.72. The number of aldehydes is 1. The Labute approximate surface area is 223 Å². The van der Waals surface area contributed by atoms with Crippen molar-refractivity contribution in [3.05, 3.63) is 12.2 Å². The molecule has 216 valence electrons. The lowest BCUT2D eigenvalue weighted by atomic mass is 10.2. The van der Waals surface area contributed by atoms with Gasteiger partial charge in [-0.1, -0.05) is 48.0 Å². The molecule has 1 heterocycles. The summed E-state index contributed by atoms with van der Waals surface area (Å²) in [6, 6.07) is -0.579. The highest BCUT2D eigenvalue weighted by Crippen LogP contribution is 2.07. The Bertz CT molecular complexity index is 642. The molecule has 5 amide bonds. The molecule has 0 saturated carbocycles. The normalized spacial score (nSPS) is 11.5. The van der Waals surface area contributed by atoms with E-state index in [-0.39, 0.29) is 36.6 Å². The van der Waals surface area contributed by atoms with Crippen molar-refractivity contribution < 1.29 is 28.8 Å². The van der Waals surface area contributed by atoms with Crippen molar-refractivity contribution in [3.63, 3.8) is 0 Å². The van der Waals surface area contributed by atoms with Crippen LogP contribution in [-0.2, 0) is 28.8 Å². The molecule has 0 bridgehead atoms. The van der Waals surface area contributed by atoms with E-state index in [1.54, 1.807) is 7.05 Å². The number of rotatable bonds is 13. The Kier molecular flexibility index (Phi) is 34.3. The number of hydrogen-bond acceptors (Lipinski definition) is 7. The first-order chi connectivity index (χ1) is 17.7. The Morgan fingerprint density at radius 1 is 0.838 bits per heavy atom. The summed E-state index contributed by atoms with van der Waals surface area (Å²) in [7, 11) is 1.75.